The van der Waals surface area contributed by atoms with Crippen LogP contribution in [0, 0.1) is 28.6 Å². The Hall–Kier alpha value is -0.920. The Balaban J connectivity index is 1.94. The largest absolute Gasteiger partial charge is 0.299 e. The minimum absolute atomic E-state index is 0.165. The van der Waals surface area contributed by atoms with E-state index in [9.17, 15) is 9.59 Å². The van der Waals surface area contributed by atoms with Crippen LogP contribution in [0.25, 0.3) is 0 Å². The fraction of sp³-hybridized carbons (Fsp3) is 0.733. The van der Waals surface area contributed by atoms with Gasteiger partial charge in [0.25, 0.3) is 0 Å². The number of allylic oxidation sites excluding steroid dienone is 1. The van der Waals surface area contributed by atoms with Crippen LogP contribution < -0.4 is 0 Å². The Labute approximate surface area is 101 Å². The molecule has 90 valence electrons. The van der Waals surface area contributed by atoms with E-state index in [2.05, 4.69) is 13.5 Å². The molecule has 0 aliphatic heterocycles. The second kappa shape index (κ2) is 2.57. The fourth-order valence-electron chi connectivity index (χ4n) is 5.90. The predicted octanol–water partition coefficient (Wildman–Crippen LogP) is 2.53. The minimum atomic E-state index is -0.302. The van der Waals surface area contributed by atoms with Crippen LogP contribution in [0.4, 0.5) is 0 Å². The molecule has 0 aromatic carbocycles. The van der Waals surface area contributed by atoms with Gasteiger partial charge in [0.2, 0.25) is 0 Å². The van der Waals surface area contributed by atoms with Gasteiger partial charge in [-0.15, -0.1) is 0 Å². The van der Waals surface area contributed by atoms with Gasteiger partial charge in [-0.25, -0.2) is 0 Å². The molecule has 1 spiro atoms. The molecule has 0 radical (unpaired) electrons. The molecule has 4 aliphatic rings. The van der Waals surface area contributed by atoms with Crippen molar-refractivity contribution >= 4 is 11.6 Å². The van der Waals surface area contributed by atoms with Gasteiger partial charge >= 0.3 is 0 Å². The van der Waals surface area contributed by atoms with Crippen molar-refractivity contribution in [2.45, 2.75) is 39.0 Å². The van der Waals surface area contributed by atoms with Crippen LogP contribution in [0.5, 0.6) is 0 Å². The van der Waals surface area contributed by atoms with Gasteiger partial charge in [-0.05, 0) is 42.1 Å². The average Bonchev–Trinajstić information content (AvgIpc) is 2.87. The van der Waals surface area contributed by atoms with E-state index >= 15 is 0 Å². The molecule has 4 aliphatic carbocycles. The Kier molecular flexibility index (Phi) is 1.52. The molecule has 0 amide bonds. The molecular formula is C15H18O2. The van der Waals surface area contributed by atoms with Crippen LogP contribution in [0.2, 0.25) is 0 Å². The van der Waals surface area contributed by atoms with Crippen molar-refractivity contribution in [2.24, 2.45) is 28.6 Å². The third-order valence-corrected chi connectivity index (χ3v) is 6.35. The molecule has 4 fully saturated rings. The van der Waals surface area contributed by atoms with Gasteiger partial charge in [0.05, 0.1) is 0 Å². The molecule has 4 saturated carbocycles. The molecular weight excluding hydrogens is 212 g/mol. The zero-order chi connectivity index (χ0) is 12.0. The summed E-state index contributed by atoms with van der Waals surface area (Å²) in [7, 11) is 0. The molecule has 5 atom stereocenters. The SMILES string of the molecule is C=C1C(=O)C[C@@]23C(=O)C[C@H]4CC[C@@](C)(C[C@H]12)[C@H]43. The highest BCUT2D eigenvalue weighted by atomic mass is 16.1. The van der Waals surface area contributed by atoms with Crippen molar-refractivity contribution in [1.82, 2.24) is 0 Å². The summed E-state index contributed by atoms with van der Waals surface area (Å²) < 4.78 is 0. The second-order valence-electron chi connectivity index (χ2n) is 6.98. The number of rotatable bonds is 0. The van der Waals surface area contributed by atoms with Crippen molar-refractivity contribution in [1.29, 1.82) is 0 Å². The third kappa shape index (κ3) is 0.850. The first kappa shape index (κ1) is 10.0. The van der Waals surface area contributed by atoms with Gasteiger partial charge < -0.3 is 0 Å². The zero-order valence-electron chi connectivity index (χ0n) is 10.3. The summed E-state index contributed by atoms with van der Waals surface area (Å²) in [6, 6.07) is 0. The molecule has 0 unspecified atom stereocenters. The fourth-order valence-corrected chi connectivity index (χ4v) is 5.90. The lowest BCUT2D eigenvalue weighted by atomic mass is 9.70. The van der Waals surface area contributed by atoms with Gasteiger partial charge in [-0.1, -0.05) is 13.5 Å². The quantitative estimate of drug-likeness (QED) is 0.599. The molecule has 2 heteroatoms. The standard InChI is InChI=1S/C15H18O2/c1-8-10-6-14(2)4-3-9-5-12(17)15(10,13(9)14)7-11(8)16/h9-10,13H,1,3-7H2,2H3/t9-,10-,13+,14+,15+/m1/s1. The van der Waals surface area contributed by atoms with Crippen molar-refractivity contribution in [2.75, 3.05) is 0 Å². The number of hydrogen-bond acceptors (Lipinski definition) is 2. The number of carbonyl (C=O) groups excluding carboxylic acids is 2. The molecule has 17 heavy (non-hydrogen) atoms. The second-order valence-corrected chi connectivity index (χ2v) is 6.98. The highest BCUT2D eigenvalue weighted by Gasteiger charge is 2.74. The molecule has 4 rings (SSSR count). The Morgan fingerprint density at radius 3 is 2.88 bits per heavy atom. The number of carbonyl (C=O) groups is 2. The normalized spacial score (nSPS) is 55.6. The summed E-state index contributed by atoms with van der Waals surface area (Å²) in [6.07, 6.45) is 4.69. The maximum Gasteiger partial charge on any atom is 0.159 e. The Bertz CT molecular complexity index is 477. The van der Waals surface area contributed by atoms with E-state index in [0.717, 1.165) is 18.4 Å². The molecule has 0 bridgehead atoms. The van der Waals surface area contributed by atoms with Crippen molar-refractivity contribution in [3.63, 3.8) is 0 Å². The lowest BCUT2D eigenvalue weighted by molar-refractivity contribution is -0.130. The van der Waals surface area contributed by atoms with Gasteiger partial charge in [0.15, 0.2) is 5.78 Å². The van der Waals surface area contributed by atoms with Crippen molar-refractivity contribution < 1.29 is 9.59 Å². The van der Waals surface area contributed by atoms with E-state index in [4.69, 9.17) is 0 Å². The first-order valence-electron chi connectivity index (χ1n) is 6.74. The van der Waals surface area contributed by atoms with Crippen LogP contribution in [-0.2, 0) is 9.59 Å². The van der Waals surface area contributed by atoms with Crippen molar-refractivity contribution in [3.05, 3.63) is 12.2 Å². The average molecular weight is 230 g/mol. The molecule has 0 aromatic rings. The lowest BCUT2D eigenvalue weighted by Crippen LogP contribution is -2.34. The highest BCUT2D eigenvalue weighted by molar-refractivity contribution is 6.06. The maximum atomic E-state index is 12.5. The van der Waals surface area contributed by atoms with Crippen LogP contribution in [0.15, 0.2) is 12.2 Å². The van der Waals surface area contributed by atoms with E-state index < -0.39 is 0 Å². The van der Waals surface area contributed by atoms with Gasteiger partial charge in [0.1, 0.15) is 5.78 Å². The molecule has 0 aromatic heterocycles. The van der Waals surface area contributed by atoms with Crippen LogP contribution in [0.3, 0.4) is 0 Å². The summed E-state index contributed by atoms with van der Waals surface area (Å²) in [5.41, 5.74) is 0.768. The summed E-state index contributed by atoms with van der Waals surface area (Å²) in [5.74, 6) is 1.78. The van der Waals surface area contributed by atoms with Gasteiger partial charge in [-0.2, -0.15) is 0 Å². The molecule has 2 nitrogen and oxygen atoms in total. The van der Waals surface area contributed by atoms with E-state index in [-0.39, 0.29) is 17.1 Å². The highest BCUT2D eigenvalue weighted by Crippen LogP contribution is 2.75. The number of ketones is 2. The Morgan fingerprint density at radius 1 is 1.35 bits per heavy atom. The Morgan fingerprint density at radius 2 is 2.12 bits per heavy atom. The molecule has 0 N–H and O–H groups in total. The van der Waals surface area contributed by atoms with E-state index in [1.165, 1.54) is 12.8 Å². The summed E-state index contributed by atoms with van der Waals surface area (Å²) in [4.78, 5) is 24.4. The molecule has 0 heterocycles. The minimum Gasteiger partial charge on any atom is -0.299 e. The van der Waals surface area contributed by atoms with Crippen LogP contribution >= 0.6 is 0 Å². The van der Waals surface area contributed by atoms with Crippen LogP contribution in [-0.4, -0.2) is 11.6 Å². The van der Waals surface area contributed by atoms with Crippen LogP contribution in [0.1, 0.15) is 39.0 Å². The lowest BCUT2D eigenvalue weighted by Gasteiger charge is -2.31. The topological polar surface area (TPSA) is 34.1 Å². The van der Waals surface area contributed by atoms with Crippen molar-refractivity contribution in [3.8, 4) is 0 Å². The van der Waals surface area contributed by atoms with E-state index in [1.54, 1.807) is 0 Å². The first-order valence-corrected chi connectivity index (χ1v) is 6.74. The maximum absolute atomic E-state index is 12.5. The first-order chi connectivity index (χ1) is 7.99. The number of hydrogen-bond donors (Lipinski definition) is 0. The third-order valence-electron chi connectivity index (χ3n) is 6.35. The summed E-state index contributed by atoms with van der Waals surface area (Å²) >= 11 is 0. The monoisotopic (exact) mass is 230 g/mol. The zero-order valence-corrected chi connectivity index (χ0v) is 10.3. The predicted molar refractivity (Wildman–Crippen MR) is 63.2 cm³/mol. The number of Topliss-reactive ketones (excluding diaryl/α,β-unsaturated/α-hetero) is 2. The van der Waals surface area contributed by atoms with Gasteiger partial charge in [0, 0.05) is 24.2 Å². The molecule has 0 saturated heterocycles. The van der Waals surface area contributed by atoms with E-state index in [0.29, 0.717) is 29.5 Å². The van der Waals surface area contributed by atoms with E-state index in [1.807, 2.05) is 0 Å². The summed E-state index contributed by atoms with van der Waals surface area (Å²) in [6.45, 7) is 6.32. The smallest absolute Gasteiger partial charge is 0.159 e. The summed E-state index contributed by atoms with van der Waals surface area (Å²) in [5, 5.41) is 0. The van der Waals surface area contributed by atoms with Gasteiger partial charge in [-0.3, -0.25) is 9.59 Å².